The molecule has 162 valence electrons. The normalized spacial score (nSPS) is 12.9. The molecule has 8 heteroatoms. The largest absolute Gasteiger partial charge is 0.497 e. The molecule has 0 radical (unpaired) electrons. The van der Waals surface area contributed by atoms with E-state index in [4.69, 9.17) is 19.2 Å². The molecule has 6 nitrogen and oxygen atoms in total. The number of halogens is 1. The van der Waals surface area contributed by atoms with Crippen molar-refractivity contribution in [3.63, 3.8) is 0 Å². The number of thioether (sulfide) groups is 1. The summed E-state index contributed by atoms with van der Waals surface area (Å²) in [6, 6.07) is 17.3. The number of fused-ring (bicyclic) bond motifs is 2. The van der Waals surface area contributed by atoms with Gasteiger partial charge in [0, 0.05) is 22.9 Å². The Balaban J connectivity index is 1.61. The standard InChI is InChI=1S/C24H19FN2O4S/c1-29-19-6-4-5-18(11-19)27-23(28)20-7-2-3-8-21(20)26-24(27)32-13-16-10-17(25)9-15-12-30-14-31-22(15)16/h2-11H,12-14H2,1H3. The highest BCUT2D eigenvalue weighted by Gasteiger charge is 2.19. The molecule has 0 spiro atoms. The fourth-order valence-corrected chi connectivity index (χ4v) is 4.67. The smallest absolute Gasteiger partial charge is 0.266 e. The lowest BCUT2D eigenvalue weighted by atomic mass is 10.1. The molecule has 1 aliphatic heterocycles. The summed E-state index contributed by atoms with van der Waals surface area (Å²) < 4.78 is 32.0. The molecule has 0 amide bonds. The summed E-state index contributed by atoms with van der Waals surface area (Å²) in [5, 5.41) is 1.01. The van der Waals surface area contributed by atoms with Gasteiger partial charge in [-0.2, -0.15) is 0 Å². The van der Waals surface area contributed by atoms with E-state index in [2.05, 4.69) is 0 Å². The summed E-state index contributed by atoms with van der Waals surface area (Å²) in [5.74, 6) is 1.27. The van der Waals surface area contributed by atoms with Gasteiger partial charge in [0.15, 0.2) is 11.9 Å². The minimum absolute atomic E-state index is 0.124. The molecular formula is C24H19FN2O4S. The van der Waals surface area contributed by atoms with Gasteiger partial charge in [-0.15, -0.1) is 0 Å². The predicted octanol–water partition coefficient (Wildman–Crippen LogP) is 4.69. The van der Waals surface area contributed by atoms with Crippen LogP contribution in [0.5, 0.6) is 11.5 Å². The Morgan fingerprint density at radius 2 is 2.03 bits per heavy atom. The molecule has 3 aromatic carbocycles. The van der Waals surface area contributed by atoms with Crippen LogP contribution >= 0.6 is 11.8 Å². The zero-order valence-corrected chi connectivity index (χ0v) is 18.0. The molecule has 0 saturated carbocycles. The van der Waals surface area contributed by atoms with E-state index in [1.165, 1.54) is 23.9 Å². The Hall–Kier alpha value is -3.36. The lowest BCUT2D eigenvalue weighted by Gasteiger charge is -2.21. The van der Waals surface area contributed by atoms with Crippen molar-refractivity contribution in [1.29, 1.82) is 0 Å². The maximum atomic E-state index is 14.2. The van der Waals surface area contributed by atoms with E-state index >= 15 is 0 Å². The van der Waals surface area contributed by atoms with Gasteiger partial charge in [-0.25, -0.2) is 9.37 Å². The fraction of sp³-hybridized carbons (Fsp3) is 0.167. The van der Waals surface area contributed by atoms with E-state index in [9.17, 15) is 9.18 Å². The molecule has 2 heterocycles. The Labute approximate surface area is 187 Å². The molecule has 1 aromatic heterocycles. The van der Waals surface area contributed by atoms with E-state index in [1.54, 1.807) is 29.9 Å². The summed E-state index contributed by atoms with van der Waals surface area (Å²) in [7, 11) is 1.58. The first-order chi connectivity index (χ1) is 15.6. The Bertz CT molecular complexity index is 1370. The average molecular weight is 450 g/mol. The second-order valence-corrected chi connectivity index (χ2v) is 8.15. The van der Waals surface area contributed by atoms with Crippen LogP contribution in [0.3, 0.4) is 0 Å². The molecule has 0 atom stereocenters. The van der Waals surface area contributed by atoms with Gasteiger partial charge >= 0.3 is 0 Å². The van der Waals surface area contributed by atoms with Crippen LogP contribution in [0.25, 0.3) is 16.6 Å². The Morgan fingerprint density at radius 1 is 1.16 bits per heavy atom. The van der Waals surface area contributed by atoms with Crippen molar-refractivity contribution in [2.45, 2.75) is 17.5 Å². The minimum Gasteiger partial charge on any atom is -0.497 e. The topological polar surface area (TPSA) is 62.6 Å². The third-order valence-corrected chi connectivity index (χ3v) is 6.15. The average Bonchev–Trinajstić information content (AvgIpc) is 2.82. The fourth-order valence-electron chi connectivity index (χ4n) is 3.69. The van der Waals surface area contributed by atoms with Crippen LogP contribution in [-0.4, -0.2) is 23.5 Å². The lowest BCUT2D eigenvalue weighted by Crippen LogP contribution is -2.21. The highest BCUT2D eigenvalue weighted by molar-refractivity contribution is 7.98. The summed E-state index contributed by atoms with van der Waals surface area (Å²) in [4.78, 5) is 18.2. The molecular weight excluding hydrogens is 431 g/mol. The third kappa shape index (κ3) is 3.83. The zero-order valence-electron chi connectivity index (χ0n) is 17.2. The van der Waals surface area contributed by atoms with Gasteiger partial charge in [-0.05, 0) is 36.4 Å². The molecule has 0 bridgehead atoms. The maximum Gasteiger partial charge on any atom is 0.266 e. The number of aromatic nitrogens is 2. The number of methoxy groups -OCH3 is 1. The van der Waals surface area contributed by atoms with Crippen molar-refractivity contribution in [1.82, 2.24) is 9.55 Å². The molecule has 0 unspecified atom stereocenters. The minimum atomic E-state index is -0.356. The van der Waals surface area contributed by atoms with Gasteiger partial charge in [0.05, 0.1) is 30.3 Å². The van der Waals surface area contributed by atoms with Gasteiger partial charge in [0.1, 0.15) is 17.3 Å². The molecule has 0 saturated heterocycles. The molecule has 1 aliphatic rings. The van der Waals surface area contributed by atoms with Crippen LogP contribution in [0.2, 0.25) is 0 Å². The number of benzene rings is 3. The van der Waals surface area contributed by atoms with E-state index in [0.717, 1.165) is 0 Å². The van der Waals surface area contributed by atoms with E-state index in [1.807, 2.05) is 30.3 Å². The number of para-hydroxylation sites is 1. The van der Waals surface area contributed by atoms with Crippen LogP contribution in [0.4, 0.5) is 4.39 Å². The van der Waals surface area contributed by atoms with Crippen LogP contribution in [-0.2, 0) is 17.1 Å². The van der Waals surface area contributed by atoms with Crippen LogP contribution < -0.4 is 15.0 Å². The van der Waals surface area contributed by atoms with Gasteiger partial charge in [-0.1, -0.05) is 30.0 Å². The zero-order chi connectivity index (χ0) is 22.1. The molecule has 5 rings (SSSR count). The van der Waals surface area contributed by atoms with Crippen molar-refractivity contribution >= 4 is 22.7 Å². The maximum absolute atomic E-state index is 14.2. The molecule has 4 aromatic rings. The molecule has 0 aliphatic carbocycles. The van der Waals surface area contributed by atoms with E-state index in [0.29, 0.717) is 56.7 Å². The third-order valence-electron chi connectivity index (χ3n) is 5.16. The summed E-state index contributed by atoms with van der Waals surface area (Å²) in [5.41, 5.74) is 2.42. The lowest BCUT2D eigenvalue weighted by molar-refractivity contribution is -0.0171. The van der Waals surface area contributed by atoms with Crippen molar-refractivity contribution in [2.75, 3.05) is 13.9 Å². The predicted molar refractivity (Wildman–Crippen MR) is 120 cm³/mol. The molecule has 0 N–H and O–H groups in total. The summed E-state index contributed by atoms with van der Waals surface area (Å²) >= 11 is 1.34. The summed E-state index contributed by atoms with van der Waals surface area (Å²) in [6.45, 7) is 0.423. The van der Waals surface area contributed by atoms with Crippen molar-refractivity contribution in [3.8, 4) is 17.2 Å². The Kier molecular flexibility index (Phi) is 5.55. The second kappa shape index (κ2) is 8.64. The number of rotatable bonds is 5. The van der Waals surface area contributed by atoms with Crippen LogP contribution in [0, 0.1) is 5.82 Å². The number of hydrogen-bond acceptors (Lipinski definition) is 6. The number of ether oxygens (including phenoxy) is 3. The molecule has 0 fully saturated rings. The Morgan fingerprint density at radius 3 is 2.91 bits per heavy atom. The quantitative estimate of drug-likeness (QED) is 0.325. The van der Waals surface area contributed by atoms with Crippen molar-refractivity contribution in [2.24, 2.45) is 0 Å². The summed E-state index contributed by atoms with van der Waals surface area (Å²) in [6.07, 6.45) is 0. The highest BCUT2D eigenvalue weighted by Crippen LogP contribution is 2.34. The SMILES string of the molecule is COc1cccc(-n2c(SCc3cc(F)cc4c3OCOC4)nc3ccccc3c2=O)c1. The number of hydrogen-bond donors (Lipinski definition) is 0. The van der Waals surface area contributed by atoms with Gasteiger partial charge in [0.2, 0.25) is 0 Å². The monoisotopic (exact) mass is 450 g/mol. The van der Waals surface area contributed by atoms with Crippen molar-refractivity contribution in [3.05, 3.63) is 88.0 Å². The first-order valence-electron chi connectivity index (χ1n) is 9.95. The first-order valence-corrected chi connectivity index (χ1v) is 10.9. The van der Waals surface area contributed by atoms with Gasteiger partial charge < -0.3 is 14.2 Å². The van der Waals surface area contributed by atoms with Crippen LogP contribution in [0.1, 0.15) is 11.1 Å². The van der Waals surface area contributed by atoms with Crippen LogP contribution in [0.15, 0.2) is 70.6 Å². The molecule has 32 heavy (non-hydrogen) atoms. The van der Waals surface area contributed by atoms with E-state index in [-0.39, 0.29) is 18.2 Å². The van der Waals surface area contributed by atoms with Crippen molar-refractivity contribution < 1.29 is 18.6 Å². The van der Waals surface area contributed by atoms with Gasteiger partial charge in [0.25, 0.3) is 5.56 Å². The first kappa shape index (κ1) is 20.5. The second-order valence-electron chi connectivity index (χ2n) is 7.21. The highest BCUT2D eigenvalue weighted by atomic mass is 32.2. The van der Waals surface area contributed by atoms with Gasteiger partial charge in [-0.3, -0.25) is 9.36 Å². The number of nitrogens with zero attached hydrogens (tertiary/aromatic N) is 2. The van der Waals surface area contributed by atoms with E-state index < -0.39 is 0 Å².